The summed E-state index contributed by atoms with van der Waals surface area (Å²) in [6.07, 6.45) is 1.29. The number of hydrogen-bond acceptors (Lipinski definition) is 6. The number of benzene rings is 1. The van der Waals surface area contributed by atoms with Gasteiger partial charge in [0.05, 0.1) is 38.9 Å². The molecule has 1 aromatic carbocycles. The maximum Gasteiger partial charge on any atom is 0.408 e. The van der Waals surface area contributed by atoms with Gasteiger partial charge < -0.3 is 15.8 Å². The maximum absolute atomic E-state index is 13.7. The van der Waals surface area contributed by atoms with Gasteiger partial charge in [0.15, 0.2) is 0 Å². The molecule has 0 unspecified atom stereocenters. The SMILES string of the molecule is CC[C@H](NC(=O)OC(C)(C)C)c1nc2c(Cl)ccc(Cl)c2c(=O)n1-c1cnc(N)cc1C. The predicted octanol–water partition coefficient (Wildman–Crippen LogP) is 4.95. The Morgan fingerprint density at radius 3 is 2.53 bits per heavy atom. The number of nitrogen functional groups attached to an aromatic ring is 1. The van der Waals surface area contributed by atoms with Gasteiger partial charge in [-0.2, -0.15) is 0 Å². The van der Waals surface area contributed by atoms with Crippen LogP contribution in [0.25, 0.3) is 16.6 Å². The fraction of sp³-hybridized carbons (Fsp3) is 0.364. The number of amides is 1. The molecule has 0 radical (unpaired) electrons. The van der Waals surface area contributed by atoms with Crippen LogP contribution in [-0.4, -0.2) is 26.2 Å². The molecule has 10 heteroatoms. The van der Waals surface area contributed by atoms with Gasteiger partial charge in [0.2, 0.25) is 0 Å². The van der Waals surface area contributed by atoms with Gasteiger partial charge in [0.25, 0.3) is 5.56 Å². The average Bonchev–Trinajstić information content (AvgIpc) is 2.68. The molecule has 3 N–H and O–H groups in total. The van der Waals surface area contributed by atoms with Crippen LogP contribution in [0.3, 0.4) is 0 Å². The number of nitrogens with one attached hydrogen (secondary N) is 1. The minimum Gasteiger partial charge on any atom is -0.444 e. The van der Waals surface area contributed by atoms with Crippen LogP contribution in [0.1, 0.15) is 51.5 Å². The van der Waals surface area contributed by atoms with Crippen molar-refractivity contribution in [2.45, 2.75) is 52.7 Å². The molecular weight excluding hydrogens is 453 g/mol. The van der Waals surface area contributed by atoms with Crippen molar-refractivity contribution in [3.8, 4) is 5.69 Å². The van der Waals surface area contributed by atoms with E-state index in [1.165, 1.54) is 10.8 Å². The third-order valence-corrected chi connectivity index (χ3v) is 5.33. The number of hydrogen-bond donors (Lipinski definition) is 2. The fourth-order valence-electron chi connectivity index (χ4n) is 3.30. The molecule has 0 saturated heterocycles. The van der Waals surface area contributed by atoms with E-state index in [0.29, 0.717) is 23.5 Å². The molecule has 0 spiro atoms. The molecule has 1 atom stereocenters. The summed E-state index contributed by atoms with van der Waals surface area (Å²) in [6.45, 7) is 8.96. The minimum atomic E-state index is -0.687. The van der Waals surface area contributed by atoms with E-state index >= 15 is 0 Å². The molecule has 0 saturated carbocycles. The lowest BCUT2D eigenvalue weighted by Gasteiger charge is -2.25. The summed E-state index contributed by atoms with van der Waals surface area (Å²) >= 11 is 12.7. The van der Waals surface area contributed by atoms with E-state index in [2.05, 4.69) is 15.3 Å². The summed E-state index contributed by atoms with van der Waals surface area (Å²) in [5.41, 5.74) is 6.10. The number of rotatable bonds is 4. The van der Waals surface area contributed by atoms with Gasteiger partial charge in [-0.1, -0.05) is 30.1 Å². The van der Waals surface area contributed by atoms with Crippen LogP contribution in [-0.2, 0) is 4.74 Å². The van der Waals surface area contributed by atoms with Gasteiger partial charge in [-0.05, 0) is 57.9 Å². The van der Waals surface area contributed by atoms with Crippen molar-refractivity contribution in [3.05, 3.63) is 56.2 Å². The van der Waals surface area contributed by atoms with E-state index in [-0.39, 0.29) is 26.8 Å². The number of ether oxygens (including phenoxy) is 1. The van der Waals surface area contributed by atoms with Gasteiger partial charge >= 0.3 is 6.09 Å². The number of carbonyl (C=O) groups excluding carboxylic acids is 1. The van der Waals surface area contributed by atoms with Gasteiger partial charge in [-0.15, -0.1) is 0 Å². The normalized spacial score (nSPS) is 12.6. The Morgan fingerprint density at radius 1 is 1.28 bits per heavy atom. The van der Waals surface area contributed by atoms with Crippen LogP contribution in [0.15, 0.2) is 29.2 Å². The molecule has 2 aromatic heterocycles. The van der Waals surface area contributed by atoms with Crippen molar-refractivity contribution in [1.82, 2.24) is 19.9 Å². The highest BCUT2D eigenvalue weighted by atomic mass is 35.5. The second-order valence-corrected chi connectivity index (χ2v) is 9.18. The average molecular weight is 478 g/mol. The molecule has 3 aromatic rings. The Balaban J connectivity index is 2.31. The zero-order valence-corrected chi connectivity index (χ0v) is 20.0. The lowest BCUT2D eigenvalue weighted by atomic mass is 10.1. The molecule has 3 rings (SSSR count). The lowest BCUT2D eigenvalue weighted by molar-refractivity contribution is 0.0499. The van der Waals surface area contributed by atoms with Gasteiger partial charge in [-0.25, -0.2) is 14.8 Å². The molecule has 0 fully saturated rings. The number of alkyl carbamates (subject to hydrolysis) is 1. The summed E-state index contributed by atoms with van der Waals surface area (Å²) in [5, 5.41) is 3.47. The molecule has 2 heterocycles. The summed E-state index contributed by atoms with van der Waals surface area (Å²) in [7, 11) is 0. The summed E-state index contributed by atoms with van der Waals surface area (Å²) in [6, 6.07) is 4.11. The van der Waals surface area contributed by atoms with E-state index in [9.17, 15) is 9.59 Å². The number of anilines is 1. The van der Waals surface area contributed by atoms with Crippen LogP contribution in [0.4, 0.5) is 10.6 Å². The number of halogens is 2. The van der Waals surface area contributed by atoms with Crippen LogP contribution in [0, 0.1) is 6.92 Å². The van der Waals surface area contributed by atoms with Crippen LogP contribution in [0.2, 0.25) is 10.0 Å². The zero-order valence-electron chi connectivity index (χ0n) is 18.5. The van der Waals surface area contributed by atoms with Gasteiger partial charge in [0.1, 0.15) is 17.2 Å². The van der Waals surface area contributed by atoms with E-state index in [1.807, 2.05) is 6.92 Å². The van der Waals surface area contributed by atoms with Crippen molar-refractivity contribution in [3.63, 3.8) is 0 Å². The first-order valence-corrected chi connectivity index (χ1v) is 10.8. The van der Waals surface area contributed by atoms with Crippen molar-refractivity contribution in [2.75, 3.05) is 5.73 Å². The Kier molecular flexibility index (Phi) is 6.67. The van der Waals surface area contributed by atoms with E-state index in [0.717, 1.165) is 0 Å². The second kappa shape index (κ2) is 8.96. The number of aryl methyl sites for hydroxylation is 1. The number of nitrogens with two attached hydrogens (primary N) is 1. The van der Waals surface area contributed by atoms with Crippen molar-refractivity contribution in [1.29, 1.82) is 0 Å². The van der Waals surface area contributed by atoms with Crippen LogP contribution < -0.4 is 16.6 Å². The Bertz CT molecular complexity index is 1250. The largest absolute Gasteiger partial charge is 0.444 e. The standard InChI is InChI=1S/C22H25Cl2N5O3/c1-6-14(27-21(31)32-22(3,4)5)19-28-18-13(24)8-7-12(23)17(18)20(30)29(19)15-10-26-16(25)9-11(15)2/h7-10,14H,6H2,1-5H3,(H2,25,26)(H,27,31)/t14-/m0/s1. The number of nitrogens with zero attached hydrogens (tertiary/aromatic N) is 3. The first-order chi connectivity index (χ1) is 14.9. The molecule has 0 bridgehead atoms. The Labute approximate surface area is 195 Å². The van der Waals surface area contributed by atoms with Gasteiger partial charge in [0, 0.05) is 0 Å². The number of carbonyl (C=O) groups is 1. The van der Waals surface area contributed by atoms with Crippen molar-refractivity contribution >= 4 is 46.0 Å². The Morgan fingerprint density at radius 2 is 1.94 bits per heavy atom. The third-order valence-electron chi connectivity index (χ3n) is 4.71. The monoisotopic (exact) mass is 477 g/mol. The molecular formula is C22H25Cl2N5O3. The maximum atomic E-state index is 13.7. The van der Waals surface area contributed by atoms with Crippen LogP contribution >= 0.6 is 23.2 Å². The van der Waals surface area contributed by atoms with Gasteiger partial charge in [-0.3, -0.25) is 9.36 Å². The Hall–Kier alpha value is -2.84. The zero-order chi connectivity index (χ0) is 23.8. The number of fused-ring (bicyclic) bond motifs is 1. The van der Waals surface area contributed by atoms with E-state index in [4.69, 9.17) is 33.7 Å². The minimum absolute atomic E-state index is 0.172. The molecule has 8 nitrogen and oxygen atoms in total. The summed E-state index contributed by atoms with van der Waals surface area (Å²) in [4.78, 5) is 35.0. The highest BCUT2D eigenvalue weighted by Crippen LogP contribution is 2.29. The molecule has 0 aliphatic heterocycles. The third kappa shape index (κ3) is 4.81. The molecule has 1 amide bonds. The summed E-state index contributed by atoms with van der Waals surface area (Å²) < 4.78 is 6.78. The first-order valence-electron chi connectivity index (χ1n) is 10.1. The molecule has 170 valence electrons. The molecule has 0 aliphatic carbocycles. The molecule has 32 heavy (non-hydrogen) atoms. The van der Waals surface area contributed by atoms with Crippen molar-refractivity contribution in [2.24, 2.45) is 0 Å². The lowest BCUT2D eigenvalue weighted by Crippen LogP contribution is -2.38. The fourth-order valence-corrected chi connectivity index (χ4v) is 3.74. The number of pyridine rings is 1. The van der Waals surface area contributed by atoms with Crippen LogP contribution in [0.5, 0.6) is 0 Å². The summed E-state index contributed by atoms with van der Waals surface area (Å²) in [5.74, 6) is 0.587. The predicted molar refractivity (Wildman–Crippen MR) is 127 cm³/mol. The first kappa shape index (κ1) is 23.8. The number of aromatic nitrogens is 3. The highest BCUT2D eigenvalue weighted by Gasteiger charge is 2.26. The highest BCUT2D eigenvalue weighted by molar-refractivity contribution is 6.39. The second-order valence-electron chi connectivity index (χ2n) is 8.37. The van der Waals surface area contributed by atoms with E-state index in [1.54, 1.807) is 45.9 Å². The quantitative estimate of drug-likeness (QED) is 0.549. The van der Waals surface area contributed by atoms with E-state index < -0.39 is 23.3 Å². The molecule has 0 aliphatic rings. The smallest absolute Gasteiger partial charge is 0.408 e. The topological polar surface area (TPSA) is 112 Å². The van der Waals surface area contributed by atoms with Crippen molar-refractivity contribution < 1.29 is 9.53 Å².